The molecule has 17 heavy (non-hydrogen) atoms. The van der Waals surface area contributed by atoms with E-state index in [4.69, 9.17) is 21.8 Å². The van der Waals surface area contributed by atoms with Crippen LogP contribution in [-0.2, 0) is 12.8 Å². The van der Waals surface area contributed by atoms with E-state index < -0.39 is 0 Å². The highest BCUT2D eigenvalue weighted by Gasteiger charge is 2.22. The van der Waals surface area contributed by atoms with E-state index in [0.717, 1.165) is 36.3 Å². The number of nitrogens with zero attached hydrogens (tertiary/aromatic N) is 1. The minimum absolute atomic E-state index is 0.189. The molecular weight excluding hydrogens is 236 g/mol. The molecule has 3 rings (SSSR count). The van der Waals surface area contributed by atoms with Crippen LogP contribution in [0.25, 0.3) is 11.5 Å². The molecular formula is C13H13ClN2O. The Morgan fingerprint density at radius 3 is 3.00 bits per heavy atom. The Labute approximate surface area is 105 Å². The van der Waals surface area contributed by atoms with E-state index in [1.54, 1.807) is 0 Å². The molecule has 4 heteroatoms. The lowest BCUT2D eigenvalue weighted by atomic mass is 9.98. The van der Waals surface area contributed by atoms with E-state index in [0.29, 0.717) is 10.9 Å². The lowest BCUT2D eigenvalue weighted by Crippen LogP contribution is -2.27. The maximum atomic E-state index is 6.13. The second-order valence-electron chi connectivity index (χ2n) is 4.37. The first kappa shape index (κ1) is 10.8. The molecule has 2 aromatic rings. The zero-order valence-electron chi connectivity index (χ0n) is 9.32. The molecule has 1 atom stereocenters. The van der Waals surface area contributed by atoms with Gasteiger partial charge < -0.3 is 10.2 Å². The van der Waals surface area contributed by atoms with Crippen LogP contribution in [0.2, 0.25) is 5.02 Å². The summed E-state index contributed by atoms with van der Waals surface area (Å²) in [5.74, 6) is 1.52. The number of fused-ring (bicyclic) bond motifs is 1. The molecule has 1 heterocycles. The Bertz CT molecular complexity index is 550. The van der Waals surface area contributed by atoms with Crippen molar-refractivity contribution < 1.29 is 4.42 Å². The molecule has 0 amide bonds. The highest BCUT2D eigenvalue weighted by molar-refractivity contribution is 6.33. The van der Waals surface area contributed by atoms with E-state index in [2.05, 4.69) is 4.98 Å². The molecule has 0 aliphatic heterocycles. The van der Waals surface area contributed by atoms with Crippen LogP contribution in [0, 0.1) is 0 Å². The molecule has 1 unspecified atom stereocenters. The first-order valence-corrected chi connectivity index (χ1v) is 6.11. The summed E-state index contributed by atoms with van der Waals surface area (Å²) in [7, 11) is 0. The maximum absolute atomic E-state index is 6.13. The fourth-order valence-corrected chi connectivity index (χ4v) is 2.37. The van der Waals surface area contributed by atoms with Gasteiger partial charge in [0.15, 0.2) is 0 Å². The van der Waals surface area contributed by atoms with Crippen molar-refractivity contribution >= 4 is 11.6 Å². The van der Waals surface area contributed by atoms with Gasteiger partial charge in [-0.2, -0.15) is 0 Å². The van der Waals surface area contributed by atoms with Gasteiger partial charge in [-0.15, -0.1) is 0 Å². The summed E-state index contributed by atoms with van der Waals surface area (Å²) >= 11 is 6.13. The predicted octanol–water partition coefficient (Wildman–Crippen LogP) is 2.81. The molecule has 1 aliphatic carbocycles. The highest BCUT2D eigenvalue weighted by atomic mass is 35.5. The number of rotatable bonds is 1. The number of oxazole rings is 1. The van der Waals surface area contributed by atoms with Crippen molar-refractivity contribution in [3.8, 4) is 11.5 Å². The second kappa shape index (κ2) is 4.17. The summed E-state index contributed by atoms with van der Waals surface area (Å²) < 4.78 is 5.77. The molecule has 1 aliphatic rings. The van der Waals surface area contributed by atoms with Crippen LogP contribution in [-0.4, -0.2) is 11.0 Å². The van der Waals surface area contributed by atoms with Crippen LogP contribution < -0.4 is 5.73 Å². The topological polar surface area (TPSA) is 52.0 Å². The lowest BCUT2D eigenvalue weighted by molar-refractivity contribution is 0.457. The van der Waals surface area contributed by atoms with E-state index >= 15 is 0 Å². The number of aryl methyl sites for hydroxylation is 1. The van der Waals surface area contributed by atoms with Crippen LogP contribution in [0.3, 0.4) is 0 Å². The third-order valence-corrected chi connectivity index (χ3v) is 3.41. The first-order valence-electron chi connectivity index (χ1n) is 5.73. The van der Waals surface area contributed by atoms with Crippen molar-refractivity contribution in [2.75, 3.05) is 0 Å². The second-order valence-corrected chi connectivity index (χ2v) is 4.78. The predicted molar refractivity (Wildman–Crippen MR) is 66.9 cm³/mol. The first-order chi connectivity index (χ1) is 8.24. The Morgan fingerprint density at radius 2 is 2.18 bits per heavy atom. The summed E-state index contributed by atoms with van der Waals surface area (Å²) in [6, 6.07) is 7.76. The standard InChI is InChI=1S/C13H13ClN2O/c14-10-4-2-1-3-9(10)13-16-11-6-5-8(15)7-12(11)17-13/h1-4,8H,5-7,15H2. The smallest absolute Gasteiger partial charge is 0.228 e. The van der Waals surface area contributed by atoms with E-state index in [-0.39, 0.29) is 6.04 Å². The van der Waals surface area contributed by atoms with Gasteiger partial charge >= 0.3 is 0 Å². The van der Waals surface area contributed by atoms with Gasteiger partial charge in [-0.1, -0.05) is 23.7 Å². The quantitative estimate of drug-likeness (QED) is 0.844. The summed E-state index contributed by atoms with van der Waals surface area (Å²) in [4.78, 5) is 4.51. The van der Waals surface area contributed by atoms with Gasteiger partial charge in [0.1, 0.15) is 5.76 Å². The van der Waals surface area contributed by atoms with E-state index in [1.165, 1.54) is 0 Å². The largest absolute Gasteiger partial charge is 0.441 e. The number of halogens is 1. The number of aromatic nitrogens is 1. The Hall–Kier alpha value is -1.32. The summed E-state index contributed by atoms with van der Waals surface area (Å²) in [6.45, 7) is 0. The third-order valence-electron chi connectivity index (χ3n) is 3.08. The van der Waals surface area contributed by atoms with Gasteiger partial charge in [-0.25, -0.2) is 4.98 Å². The third kappa shape index (κ3) is 1.96. The van der Waals surface area contributed by atoms with Gasteiger partial charge in [-0.05, 0) is 25.0 Å². The van der Waals surface area contributed by atoms with Gasteiger partial charge in [0.25, 0.3) is 0 Å². The number of benzene rings is 1. The highest BCUT2D eigenvalue weighted by Crippen LogP contribution is 2.31. The normalized spacial score (nSPS) is 19.1. The summed E-state index contributed by atoms with van der Waals surface area (Å²) in [5, 5.41) is 0.662. The Kier molecular flexibility index (Phi) is 2.65. The fraction of sp³-hybridized carbons (Fsp3) is 0.308. The summed E-state index contributed by atoms with van der Waals surface area (Å²) in [6.07, 6.45) is 2.64. The Morgan fingerprint density at radius 1 is 1.35 bits per heavy atom. The van der Waals surface area contributed by atoms with E-state index in [1.807, 2.05) is 24.3 Å². The van der Waals surface area contributed by atoms with Crippen molar-refractivity contribution in [3.63, 3.8) is 0 Å². The summed E-state index contributed by atoms with van der Waals surface area (Å²) in [5.41, 5.74) is 7.79. The van der Waals surface area contributed by atoms with Crippen LogP contribution in [0.1, 0.15) is 17.9 Å². The maximum Gasteiger partial charge on any atom is 0.228 e. The van der Waals surface area contributed by atoms with E-state index in [9.17, 15) is 0 Å². The molecule has 3 nitrogen and oxygen atoms in total. The minimum atomic E-state index is 0.189. The van der Waals surface area contributed by atoms with Crippen molar-refractivity contribution in [1.82, 2.24) is 4.98 Å². The van der Waals surface area contributed by atoms with Gasteiger partial charge in [0, 0.05) is 12.5 Å². The SMILES string of the molecule is NC1CCc2nc(-c3ccccc3Cl)oc2C1. The van der Waals surface area contributed by atoms with Crippen molar-refractivity contribution in [1.29, 1.82) is 0 Å². The molecule has 0 bridgehead atoms. The van der Waals surface area contributed by atoms with Gasteiger partial charge in [-0.3, -0.25) is 0 Å². The minimum Gasteiger partial charge on any atom is -0.441 e. The van der Waals surface area contributed by atoms with Crippen molar-refractivity contribution in [3.05, 3.63) is 40.7 Å². The average Bonchev–Trinajstić information content (AvgIpc) is 2.72. The zero-order valence-corrected chi connectivity index (χ0v) is 10.1. The van der Waals surface area contributed by atoms with Gasteiger partial charge in [0.2, 0.25) is 5.89 Å². The molecule has 2 N–H and O–H groups in total. The number of hydrogen-bond acceptors (Lipinski definition) is 3. The number of nitrogens with two attached hydrogens (primary N) is 1. The zero-order chi connectivity index (χ0) is 11.8. The van der Waals surface area contributed by atoms with Crippen LogP contribution in [0.4, 0.5) is 0 Å². The molecule has 0 saturated heterocycles. The monoisotopic (exact) mass is 248 g/mol. The van der Waals surface area contributed by atoms with Crippen molar-refractivity contribution in [2.24, 2.45) is 5.73 Å². The fourth-order valence-electron chi connectivity index (χ4n) is 2.15. The van der Waals surface area contributed by atoms with Gasteiger partial charge in [0.05, 0.1) is 16.3 Å². The lowest BCUT2D eigenvalue weighted by Gasteiger charge is -2.14. The number of hydrogen-bond donors (Lipinski definition) is 1. The molecule has 0 fully saturated rings. The van der Waals surface area contributed by atoms with Crippen LogP contribution in [0.5, 0.6) is 0 Å². The molecule has 1 aromatic heterocycles. The van der Waals surface area contributed by atoms with Crippen molar-refractivity contribution in [2.45, 2.75) is 25.3 Å². The molecule has 88 valence electrons. The molecule has 0 radical (unpaired) electrons. The molecule has 0 spiro atoms. The average molecular weight is 249 g/mol. The van der Waals surface area contributed by atoms with Crippen LogP contribution in [0.15, 0.2) is 28.7 Å². The Balaban J connectivity index is 2.03. The molecule has 1 aromatic carbocycles. The molecule has 0 saturated carbocycles. The van der Waals surface area contributed by atoms with Crippen LogP contribution >= 0.6 is 11.6 Å².